The van der Waals surface area contributed by atoms with Gasteiger partial charge in [-0.3, -0.25) is 24.2 Å². The third-order valence-electron chi connectivity index (χ3n) is 7.51. The van der Waals surface area contributed by atoms with Crippen LogP contribution in [0.15, 0.2) is 24.3 Å². The number of fused-ring (bicyclic) bond motifs is 3. The predicted octanol–water partition coefficient (Wildman–Crippen LogP) is 1.70. The molecule has 4 aliphatic rings. The third kappa shape index (κ3) is 3.69. The maximum atomic E-state index is 13.3. The highest BCUT2D eigenvalue weighted by atomic mass is 16.5. The molecule has 3 fully saturated rings. The van der Waals surface area contributed by atoms with Crippen LogP contribution in [0.25, 0.3) is 0 Å². The number of piperazine rings is 1. The highest BCUT2D eigenvalue weighted by molar-refractivity contribution is 6.10. The predicted molar refractivity (Wildman–Crippen MR) is 119 cm³/mol. The summed E-state index contributed by atoms with van der Waals surface area (Å²) in [6.45, 7) is 7.23. The van der Waals surface area contributed by atoms with Gasteiger partial charge >= 0.3 is 0 Å². The monoisotopic (exact) mass is 440 g/mol. The number of hydrogen-bond acceptors (Lipinski definition) is 5. The summed E-state index contributed by atoms with van der Waals surface area (Å²) in [6.07, 6.45) is 3.88. The second-order valence-electron chi connectivity index (χ2n) is 9.49. The molecule has 4 heterocycles. The Morgan fingerprint density at radius 2 is 1.94 bits per heavy atom. The lowest BCUT2D eigenvalue weighted by Gasteiger charge is -2.48. The molecule has 8 nitrogen and oxygen atoms in total. The second-order valence-corrected chi connectivity index (χ2v) is 9.49. The molecule has 5 rings (SSSR count). The maximum Gasteiger partial charge on any atom is 0.257 e. The average Bonchev–Trinajstić information content (AvgIpc) is 3.42. The van der Waals surface area contributed by atoms with Gasteiger partial charge in [-0.1, -0.05) is 12.1 Å². The van der Waals surface area contributed by atoms with Gasteiger partial charge in [-0.15, -0.1) is 0 Å². The van der Waals surface area contributed by atoms with E-state index in [1.54, 1.807) is 15.9 Å². The van der Waals surface area contributed by atoms with E-state index in [4.69, 9.17) is 4.74 Å². The summed E-state index contributed by atoms with van der Waals surface area (Å²) < 4.78 is 5.73. The number of benzene rings is 1. The molecular formula is C24H32N4O4. The summed E-state index contributed by atoms with van der Waals surface area (Å²) in [6, 6.07) is 7.29. The van der Waals surface area contributed by atoms with E-state index in [-0.39, 0.29) is 24.1 Å². The van der Waals surface area contributed by atoms with Crippen LogP contribution in [0, 0.1) is 0 Å². The van der Waals surface area contributed by atoms with Gasteiger partial charge in [0, 0.05) is 58.7 Å². The summed E-state index contributed by atoms with van der Waals surface area (Å²) in [7, 11) is 0. The summed E-state index contributed by atoms with van der Waals surface area (Å²) >= 11 is 0. The van der Waals surface area contributed by atoms with Crippen LogP contribution < -0.4 is 4.90 Å². The van der Waals surface area contributed by atoms with E-state index in [0.717, 1.165) is 39.1 Å². The first-order chi connectivity index (χ1) is 15.5. The summed E-state index contributed by atoms with van der Waals surface area (Å²) in [5.74, 6) is 0.0160. The lowest BCUT2D eigenvalue weighted by molar-refractivity contribution is -0.133. The summed E-state index contributed by atoms with van der Waals surface area (Å²) in [5.41, 5.74) is 0.519. The molecule has 2 unspecified atom stereocenters. The van der Waals surface area contributed by atoms with Crippen LogP contribution in [0.5, 0.6) is 0 Å². The van der Waals surface area contributed by atoms with Gasteiger partial charge in [0.2, 0.25) is 11.8 Å². The Hall–Kier alpha value is -2.45. The van der Waals surface area contributed by atoms with E-state index in [1.165, 1.54) is 0 Å². The zero-order chi connectivity index (χ0) is 22.3. The lowest BCUT2D eigenvalue weighted by atomic mass is 9.98. The minimum absolute atomic E-state index is 0.0335. The van der Waals surface area contributed by atoms with Gasteiger partial charge in [0.1, 0.15) is 5.66 Å². The van der Waals surface area contributed by atoms with E-state index in [1.807, 2.05) is 30.0 Å². The van der Waals surface area contributed by atoms with Crippen LogP contribution in [-0.2, 0) is 14.3 Å². The fraction of sp³-hybridized carbons (Fsp3) is 0.625. The highest BCUT2D eigenvalue weighted by Gasteiger charge is 2.52. The molecule has 3 amide bonds. The third-order valence-corrected chi connectivity index (χ3v) is 7.51. The molecule has 0 saturated carbocycles. The van der Waals surface area contributed by atoms with Crippen LogP contribution in [-0.4, -0.2) is 90.1 Å². The smallest absolute Gasteiger partial charge is 0.257 e. The fourth-order valence-electron chi connectivity index (χ4n) is 5.66. The van der Waals surface area contributed by atoms with Crippen LogP contribution in [0.1, 0.15) is 49.4 Å². The summed E-state index contributed by atoms with van der Waals surface area (Å²) in [5, 5.41) is 0. The Morgan fingerprint density at radius 3 is 2.69 bits per heavy atom. The molecule has 0 spiro atoms. The van der Waals surface area contributed by atoms with Crippen molar-refractivity contribution in [2.75, 3.05) is 50.8 Å². The summed E-state index contributed by atoms with van der Waals surface area (Å²) in [4.78, 5) is 46.7. The van der Waals surface area contributed by atoms with E-state index in [9.17, 15) is 14.4 Å². The molecule has 3 saturated heterocycles. The quantitative estimate of drug-likeness (QED) is 0.697. The van der Waals surface area contributed by atoms with Crippen molar-refractivity contribution in [2.45, 2.75) is 50.8 Å². The Morgan fingerprint density at radius 1 is 1.16 bits per heavy atom. The number of nitrogens with zero attached hydrogens (tertiary/aromatic N) is 4. The molecule has 0 N–H and O–H groups in total. The average molecular weight is 441 g/mol. The van der Waals surface area contributed by atoms with E-state index >= 15 is 0 Å². The molecule has 0 radical (unpaired) electrons. The Bertz CT molecular complexity index is 907. The molecule has 0 aliphatic carbocycles. The van der Waals surface area contributed by atoms with Crippen molar-refractivity contribution in [1.29, 1.82) is 0 Å². The molecule has 0 bridgehead atoms. The van der Waals surface area contributed by atoms with Crippen molar-refractivity contribution in [1.82, 2.24) is 14.7 Å². The first kappa shape index (κ1) is 21.4. The topological polar surface area (TPSA) is 73.4 Å². The maximum absolute atomic E-state index is 13.3. The van der Waals surface area contributed by atoms with E-state index in [0.29, 0.717) is 49.8 Å². The second kappa shape index (κ2) is 8.48. The Balaban J connectivity index is 1.21. The van der Waals surface area contributed by atoms with Gasteiger partial charge in [0.05, 0.1) is 17.4 Å². The van der Waals surface area contributed by atoms with Crippen molar-refractivity contribution in [2.24, 2.45) is 0 Å². The van der Waals surface area contributed by atoms with Crippen LogP contribution in [0.2, 0.25) is 0 Å². The van der Waals surface area contributed by atoms with Crippen molar-refractivity contribution in [3.05, 3.63) is 29.8 Å². The standard InChI is InChI=1S/C24H32N4O4/c1-24-10-8-22(30)28(24)20-7-3-2-6-19(20)23(31)27(24)11-9-21(29)26-14-12-25(13-15-26)17-18-5-4-16-32-18/h2-3,6-7,18H,4-5,8-17H2,1H3. The number of amides is 3. The Labute approximate surface area is 189 Å². The van der Waals surface area contributed by atoms with E-state index < -0.39 is 5.66 Å². The first-order valence-electron chi connectivity index (χ1n) is 11.8. The lowest BCUT2D eigenvalue weighted by Crippen LogP contribution is -2.62. The normalized spacial score (nSPS) is 28.3. The molecular weight excluding hydrogens is 408 g/mol. The first-order valence-corrected chi connectivity index (χ1v) is 11.8. The highest BCUT2D eigenvalue weighted by Crippen LogP contribution is 2.44. The number of carbonyl (C=O) groups excluding carboxylic acids is 3. The molecule has 1 aromatic rings. The van der Waals surface area contributed by atoms with Crippen molar-refractivity contribution < 1.29 is 19.1 Å². The number of hydrogen-bond donors (Lipinski definition) is 0. The van der Waals surface area contributed by atoms with Crippen LogP contribution >= 0.6 is 0 Å². The zero-order valence-electron chi connectivity index (χ0n) is 18.8. The zero-order valence-corrected chi connectivity index (χ0v) is 18.8. The van der Waals surface area contributed by atoms with Crippen molar-refractivity contribution in [3.63, 3.8) is 0 Å². The molecule has 8 heteroatoms. The largest absolute Gasteiger partial charge is 0.377 e. The molecule has 1 aromatic carbocycles. The number of ether oxygens (including phenoxy) is 1. The number of rotatable bonds is 5. The number of anilines is 1. The number of carbonyl (C=O) groups is 3. The van der Waals surface area contributed by atoms with E-state index in [2.05, 4.69) is 4.90 Å². The SMILES string of the molecule is CC12CCC(=O)N1c1ccccc1C(=O)N2CCC(=O)N1CCN(CC2CCCO2)CC1. The molecule has 172 valence electrons. The molecule has 4 aliphatic heterocycles. The molecule has 0 aromatic heterocycles. The van der Waals surface area contributed by atoms with Crippen molar-refractivity contribution >= 4 is 23.4 Å². The number of para-hydroxylation sites is 1. The van der Waals surface area contributed by atoms with Crippen LogP contribution in [0.4, 0.5) is 5.69 Å². The van der Waals surface area contributed by atoms with Crippen LogP contribution in [0.3, 0.4) is 0 Å². The Kier molecular flexibility index (Phi) is 5.67. The van der Waals surface area contributed by atoms with Crippen molar-refractivity contribution in [3.8, 4) is 0 Å². The van der Waals surface area contributed by atoms with Gasteiger partial charge < -0.3 is 14.5 Å². The molecule has 32 heavy (non-hydrogen) atoms. The van der Waals surface area contributed by atoms with Gasteiger partial charge in [-0.2, -0.15) is 0 Å². The minimum atomic E-state index is -0.706. The van der Waals surface area contributed by atoms with Gasteiger partial charge in [-0.05, 0) is 38.3 Å². The molecule has 2 atom stereocenters. The minimum Gasteiger partial charge on any atom is -0.377 e. The van der Waals surface area contributed by atoms with Gasteiger partial charge in [-0.25, -0.2) is 0 Å². The van der Waals surface area contributed by atoms with Gasteiger partial charge in [0.25, 0.3) is 5.91 Å². The van der Waals surface area contributed by atoms with Gasteiger partial charge in [0.15, 0.2) is 0 Å². The fourth-order valence-corrected chi connectivity index (χ4v) is 5.66.